The molecule has 0 saturated carbocycles. The Morgan fingerprint density at radius 3 is 2.52 bits per heavy atom. The number of nitrogens with one attached hydrogen (secondary N) is 1. The van der Waals surface area contributed by atoms with E-state index in [0.717, 1.165) is 44.7 Å². The molecule has 2 aliphatic heterocycles. The molecule has 1 atom stereocenters. The van der Waals surface area contributed by atoms with Gasteiger partial charge in [-0.05, 0) is 31.2 Å². The SMILES string of the molecule is O=C(c1ccc(F)c(F)c1)N1CCN(C2CCNC2)CC1. The van der Waals surface area contributed by atoms with Crippen LogP contribution in [0, 0.1) is 11.6 Å². The van der Waals surface area contributed by atoms with Gasteiger partial charge < -0.3 is 10.2 Å². The standard InChI is InChI=1S/C15H19F2N3O/c16-13-2-1-11(9-14(13)17)15(21)20-7-5-19(6-8-20)12-3-4-18-10-12/h1-2,9,12,18H,3-8,10H2. The lowest BCUT2D eigenvalue weighted by Crippen LogP contribution is -2.52. The zero-order valence-corrected chi connectivity index (χ0v) is 11.8. The molecule has 2 fully saturated rings. The summed E-state index contributed by atoms with van der Waals surface area (Å²) in [6.07, 6.45) is 1.15. The zero-order valence-electron chi connectivity index (χ0n) is 11.8. The predicted octanol–water partition coefficient (Wildman–Crippen LogP) is 1.08. The molecule has 0 radical (unpaired) electrons. The summed E-state index contributed by atoms with van der Waals surface area (Å²) in [6.45, 7) is 5.00. The normalized spacial score (nSPS) is 23.5. The van der Waals surface area contributed by atoms with Crippen LogP contribution >= 0.6 is 0 Å². The molecule has 21 heavy (non-hydrogen) atoms. The summed E-state index contributed by atoms with van der Waals surface area (Å²) < 4.78 is 26.1. The van der Waals surface area contributed by atoms with Crippen molar-refractivity contribution in [2.75, 3.05) is 39.3 Å². The van der Waals surface area contributed by atoms with Crippen LogP contribution in [0.1, 0.15) is 16.8 Å². The molecule has 4 nitrogen and oxygen atoms in total. The minimum absolute atomic E-state index is 0.213. The first kappa shape index (κ1) is 14.4. The summed E-state index contributed by atoms with van der Waals surface area (Å²) in [7, 11) is 0. The summed E-state index contributed by atoms with van der Waals surface area (Å²) in [5.74, 6) is -2.13. The monoisotopic (exact) mass is 295 g/mol. The molecule has 1 aromatic carbocycles. The molecule has 1 amide bonds. The number of nitrogens with zero attached hydrogens (tertiary/aromatic N) is 2. The Morgan fingerprint density at radius 1 is 1.14 bits per heavy atom. The highest BCUT2D eigenvalue weighted by molar-refractivity contribution is 5.94. The van der Waals surface area contributed by atoms with E-state index in [9.17, 15) is 13.6 Å². The van der Waals surface area contributed by atoms with Crippen molar-refractivity contribution in [3.8, 4) is 0 Å². The van der Waals surface area contributed by atoms with E-state index in [1.165, 1.54) is 6.07 Å². The molecule has 1 aromatic rings. The van der Waals surface area contributed by atoms with Gasteiger partial charge in [-0.3, -0.25) is 9.69 Å². The van der Waals surface area contributed by atoms with Gasteiger partial charge in [-0.15, -0.1) is 0 Å². The van der Waals surface area contributed by atoms with Crippen LogP contribution < -0.4 is 5.32 Å². The molecule has 2 saturated heterocycles. The van der Waals surface area contributed by atoms with E-state index in [1.54, 1.807) is 4.90 Å². The first-order valence-electron chi connectivity index (χ1n) is 7.34. The largest absolute Gasteiger partial charge is 0.336 e. The Morgan fingerprint density at radius 2 is 1.90 bits per heavy atom. The number of piperazine rings is 1. The summed E-state index contributed by atoms with van der Waals surface area (Å²) in [4.78, 5) is 16.4. The second-order valence-electron chi connectivity index (χ2n) is 5.60. The van der Waals surface area contributed by atoms with Crippen LogP contribution in [0.5, 0.6) is 0 Å². The third-order valence-corrected chi connectivity index (χ3v) is 4.32. The number of benzene rings is 1. The van der Waals surface area contributed by atoms with Gasteiger partial charge in [0.1, 0.15) is 0 Å². The van der Waals surface area contributed by atoms with Gasteiger partial charge in [0, 0.05) is 44.3 Å². The van der Waals surface area contributed by atoms with Crippen LogP contribution in [-0.2, 0) is 0 Å². The third-order valence-electron chi connectivity index (χ3n) is 4.32. The fourth-order valence-electron chi connectivity index (χ4n) is 3.05. The van der Waals surface area contributed by atoms with Crippen LogP contribution in [0.15, 0.2) is 18.2 Å². The molecular weight excluding hydrogens is 276 g/mol. The van der Waals surface area contributed by atoms with Gasteiger partial charge in [-0.25, -0.2) is 8.78 Å². The quantitative estimate of drug-likeness (QED) is 0.887. The Bertz CT molecular complexity index is 524. The zero-order chi connectivity index (χ0) is 14.8. The molecule has 0 bridgehead atoms. The van der Waals surface area contributed by atoms with Gasteiger partial charge in [-0.1, -0.05) is 0 Å². The minimum atomic E-state index is -0.975. The molecule has 114 valence electrons. The second-order valence-corrected chi connectivity index (χ2v) is 5.60. The lowest BCUT2D eigenvalue weighted by atomic mass is 10.1. The minimum Gasteiger partial charge on any atom is -0.336 e. The van der Waals surface area contributed by atoms with Crippen molar-refractivity contribution in [3.05, 3.63) is 35.4 Å². The first-order valence-corrected chi connectivity index (χ1v) is 7.34. The molecule has 3 rings (SSSR count). The van der Waals surface area contributed by atoms with Crippen LogP contribution in [0.4, 0.5) is 8.78 Å². The molecule has 1 N–H and O–H groups in total. The van der Waals surface area contributed by atoms with E-state index in [-0.39, 0.29) is 11.5 Å². The van der Waals surface area contributed by atoms with Crippen LogP contribution in [0.3, 0.4) is 0 Å². The fourth-order valence-corrected chi connectivity index (χ4v) is 3.05. The molecule has 0 aromatic heterocycles. The Labute approximate surface area is 122 Å². The average Bonchev–Trinajstić information content (AvgIpc) is 3.04. The number of amides is 1. The lowest BCUT2D eigenvalue weighted by molar-refractivity contribution is 0.0583. The first-order chi connectivity index (χ1) is 10.1. The van der Waals surface area contributed by atoms with Crippen LogP contribution in [0.25, 0.3) is 0 Å². The van der Waals surface area contributed by atoms with Gasteiger partial charge in [0.05, 0.1) is 0 Å². The van der Waals surface area contributed by atoms with E-state index in [0.29, 0.717) is 19.1 Å². The summed E-state index contributed by atoms with van der Waals surface area (Å²) in [5.41, 5.74) is 0.213. The highest BCUT2D eigenvalue weighted by Crippen LogP contribution is 2.15. The van der Waals surface area contributed by atoms with Crippen molar-refractivity contribution in [2.45, 2.75) is 12.5 Å². The molecule has 6 heteroatoms. The Kier molecular flexibility index (Phi) is 4.17. The summed E-state index contributed by atoms with van der Waals surface area (Å²) >= 11 is 0. The Hall–Kier alpha value is -1.53. The maximum absolute atomic E-state index is 13.2. The van der Waals surface area contributed by atoms with Crippen molar-refractivity contribution in [3.63, 3.8) is 0 Å². The number of halogens is 2. The predicted molar refractivity (Wildman–Crippen MR) is 75.1 cm³/mol. The van der Waals surface area contributed by atoms with E-state index < -0.39 is 11.6 Å². The van der Waals surface area contributed by atoms with Crippen molar-refractivity contribution < 1.29 is 13.6 Å². The fraction of sp³-hybridized carbons (Fsp3) is 0.533. The molecule has 0 aliphatic carbocycles. The second kappa shape index (κ2) is 6.07. The van der Waals surface area contributed by atoms with Crippen molar-refractivity contribution >= 4 is 5.91 Å². The van der Waals surface area contributed by atoms with Gasteiger partial charge in [0.25, 0.3) is 5.91 Å². The third kappa shape index (κ3) is 3.06. The Balaban J connectivity index is 1.60. The molecule has 0 spiro atoms. The molecular formula is C15H19F2N3O. The number of hydrogen-bond acceptors (Lipinski definition) is 3. The molecule has 2 heterocycles. The van der Waals surface area contributed by atoms with E-state index in [4.69, 9.17) is 0 Å². The van der Waals surface area contributed by atoms with Crippen molar-refractivity contribution in [1.29, 1.82) is 0 Å². The molecule has 2 aliphatic rings. The van der Waals surface area contributed by atoms with Gasteiger partial charge in [0.15, 0.2) is 11.6 Å². The molecule has 1 unspecified atom stereocenters. The van der Waals surface area contributed by atoms with Crippen molar-refractivity contribution in [2.24, 2.45) is 0 Å². The summed E-state index contributed by atoms with van der Waals surface area (Å²) in [6, 6.07) is 3.88. The number of rotatable bonds is 2. The number of hydrogen-bond donors (Lipinski definition) is 1. The smallest absolute Gasteiger partial charge is 0.254 e. The topological polar surface area (TPSA) is 35.6 Å². The van der Waals surface area contributed by atoms with E-state index in [1.807, 2.05) is 0 Å². The highest BCUT2D eigenvalue weighted by Gasteiger charge is 2.28. The summed E-state index contributed by atoms with van der Waals surface area (Å²) in [5, 5.41) is 3.34. The maximum atomic E-state index is 13.2. The van der Waals surface area contributed by atoms with Crippen molar-refractivity contribution in [1.82, 2.24) is 15.1 Å². The van der Waals surface area contributed by atoms with Gasteiger partial charge in [-0.2, -0.15) is 0 Å². The maximum Gasteiger partial charge on any atom is 0.254 e. The van der Waals surface area contributed by atoms with Crippen LogP contribution in [-0.4, -0.2) is 61.0 Å². The van der Waals surface area contributed by atoms with Crippen LogP contribution in [0.2, 0.25) is 0 Å². The van der Waals surface area contributed by atoms with Gasteiger partial charge in [0.2, 0.25) is 0 Å². The average molecular weight is 295 g/mol. The van der Waals surface area contributed by atoms with E-state index >= 15 is 0 Å². The lowest BCUT2D eigenvalue weighted by Gasteiger charge is -2.37. The van der Waals surface area contributed by atoms with E-state index in [2.05, 4.69) is 10.2 Å². The highest BCUT2D eigenvalue weighted by atomic mass is 19.2. The number of carbonyl (C=O) groups excluding carboxylic acids is 1. The number of carbonyl (C=O) groups is 1. The van der Waals surface area contributed by atoms with Gasteiger partial charge >= 0.3 is 0 Å².